The first kappa shape index (κ1) is 16.8. The second kappa shape index (κ2) is 8.02. The molecule has 0 aromatic carbocycles. The lowest BCUT2D eigenvalue weighted by atomic mass is 10.0. The van der Waals surface area contributed by atoms with Crippen molar-refractivity contribution in [3.8, 4) is 0 Å². The molecule has 0 bridgehead atoms. The van der Waals surface area contributed by atoms with Crippen LogP contribution in [-0.4, -0.2) is 44.1 Å². The highest BCUT2D eigenvalue weighted by Crippen LogP contribution is 2.09. The minimum absolute atomic E-state index is 0.00988. The van der Waals surface area contributed by atoms with Crippen LogP contribution < -0.4 is 4.72 Å². The third kappa shape index (κ3) is 6.35. The van der Waals surface area contributed by atoms with Gasteiger partial charge in [0, 0.05) is 26.2 Å². The number of nitrogens with zero attached hydrogens (tertiary/aromatic N) is 1. The minimum atomic E-state index is -3.43. The summed E-state index contributed by atoms with van der Waals surface area (Å²) in [6.07, 6.45) is 2.26. The highest BCUT2D eigenvalue weighted by molar-refractivity contribution is 7.87. The van der Waals surface area contributed by atoms with E-state index in [1.807, 2.05) is 20.8 Å². The van der Waals surface area contributed by atoms with Crippen molar-refractivity contribution in [2.75, 3.05) is 20.2 Å². The SMILES string of the molecule is CCCCN(C)S(=O)(=O)NC(CCO)C(C)C. The molecule has 0 rings (SSSR count). The highest BCUT2D eigenvalue weighted by atomic mass is 32.2. The fourth-order valence-electron chi connectivity index (χ4n) is 1.45. The lowest BCUT2D eigenvalue weighted by Gasteiger charge is -2.25. The maximum atomic E-state index is 12.0. The van der Waals surface area contributed by atoms with Crippen LogP contribution in [0.5, 0.6) is 0 Å². The van der Waals surface area contributed by atoms with Gasteiger partial charge in [-0.3, -0.25) is 0 Å². The molecule has 0 radical (unpaired) electrons. The lowest BCUT2D eigenvalue weighted by Crippen LogP contribution is -2.46. The zero-order chi connectivity index (χ0) is 13.5. The van der Waals surface area contributed by atoms with Crippen molar-refractivity contribution in [1.82, 2.24) is 9.03 Å². The standard InChI is InChI=1S/C11H26N2O3S/c1-5-6-8-13(4)17(15,16)12-11(7-9-14)10(2)3/h10-12,14H,5-9H2,1-4H3. The first-order valence-electron chi connectivity index (χ1n) is 6.19. The van der Waals surface area contributed by atoms with E-state index in [2.05, 4.69) is 4.72 Å². The maximum Gasteiger partial charge on any atom is 0.279 e. The van der Waals surface area contributed by atoms with Gasteiger partial charge in [0.25, 0.3) is 10.2 Å². The van der Waals surface area contributed by atoms with Crippen LogP contribution in [0.4, 0.5) is 0 Å². The minimum Gasteiger partial charge on any atom is -0.396 e. The molecule has 0 aliphatic rings. The third-order valence-corrected chi connectivity index (χ3v) is 4.39. The summed E-state index contributed by atoms with van der Waals surface area (Å²) in [6, 6.07) is -0.214. The van der Waals surface area contributed by atoms with E-state index in [-0.39, 0.29) is 18.6 Å². The fourth-order valence-corrected chi connectivity index (χ4v) is 2.77. The monoisotopic (exact) mass is 266 g/mol. The Balaban J connectivity index is 4.48. The normalized spacial score (nSPS) is 14.5. The Labute approximate surface area is 105 Å². The molecule has 1 atom stereocenters. The summed E-state index contributed by atoms with van der Waals surface area (Å²) in [6.45, 7) is 6.42. The molecule has 0 spiro atoms. The molecule has 0 aromatic heterocycles. The zero-order valence-electron chi connectivity index (χ0n) is 11.3. The van der Waals surface area contributed by atoms with Gasteiger partial charge in [0.05, 0.1) is 0 Å². The maximum absolute atomic E-state index is 12.0. The summed E-state index contributed by atoms with van der Waals surface area (Å²) in [7, 11) is -1.85. The van der Waals surface area contributed by atoms with E-state index in [0.717, 1.165) is 12.8 Å². The predicted molar refractivity (Wildman–Crippen MR) is 69.9 cm³/mol. The molecular weight excluding hydrogens is 240 g/mol. The van der Waals surface area contributed by atoms with Gasteiger partial charge in [0.15, 0.2) is 0 Å². The molecule has 0 saturated heterocycles. The smallest absolute Gasteiger partial charge is 0.279 e. The number of rotatable bonds is 9. The van der Waals surface area contributed by atoms with Crippen LogP contribution in [-0.2, 0) is 10.2 Å². The van der Waals surface area contributed by atoms with Crippen molar-refractivity contribution < 1.29 is 13.5 Å². The Hall–Kier alpha value is -0.170. The van der Waals surface area contributed by atoms with Gasteiger partial charge in [-0.1, -0.05) is 27.2 Å². The molecule has 17 heavy (non-hydrogen) atoms. The summed E-state index contributed by atoms with van der Waals surface area (Å²) < 4.78 is 27.9. The van der Waals surface area contributed by atoms with Gasteiger partial charge in [0.1, 0.15) is 0 Å². The number of unbranched alkanes of at least 4 members (excludes halogenated alkanes) is 1. The molecule has 0 aromatic rings. The Morgan fingerprint density at radius 1 is 1.35 bits per heavy atom. The van der Waals surface area contributed by atoms with Crippen LogP contribution in [0.15, 0.2) is 0 Å². The number of aliphatic hydroxyl groups is 1. The van der Waals surface area contributed by atoms with Crippen LogP contribution >= 0.6 is 0 Å². The van der Waals surface area contributed by atoms with E-state index in [1.54, 1.807) is 7.05 Å². The van der Waals surface area contributed by atoms with Gasteiger partial charge >= 0.3 is 0 Å². The van der Waals surface area contributed by atoms with E-state index in [0.29, 0.717) is 13.0 Å². The topological polar surface area (TPSA) is 69.6 Å². The van der Waals surface area contributed by atoms with Crippen LogP contribution in [0, 0.1) is 5.92 Å². The summed E-state index contributed by atoms with van der Waals surface area (Å²) in [5.41, 5.74) is 0. The molecule has 1 unspecified atom stereocenters. The summed E-state index contributed by atoms with van der Waals surface area (Å²) >= 11 is 0. The highest BCUT2D eigenvalue weighted by Gasteiger charge is 2.23. The zero-order valence-corrected chi connectivity index (χ0v) is 12.1. The first-order valence-corrected chi connectivity index (χ1v) is 7.63. The van der Waals surface area contributed by atoms with E-state index in [1.165, 1.54) is 4.31 Å². The first-order chi connectivity index (χ1) is 7.85. The van der Waals surface area contributed by atoms with E-state index in [4.69, 9.17) is 5.11 Å². The van der Waals surface area contributed by atoms with E-state index >= 15 is 0 Å². The molecule has 5 nitrogen and oxygen atoms in total. The lowest BCUT2D eigenvalue weighted by molar-refractivity contribution is 0.254. The fraction of sp³-hybridized carbons (Fsp3) is 1.00. The number of nitrogens with one attached hydrogen (secondary N) is 1. The molecule has 0 aliphatic carbocycles. The predicted octanol–water partition coefficient (Wildman–Crippen LogP) is 0.960. The van der Waals surface area contributed by atoms with Crippen LogP contribution in [0.25, 0.3) is 0 Å². The number of hydrogen-bond donors (Lipinski definition) is 2. The van der Waals surface area contributed by atoms with Gasteiger partial charge in [-0.05, 0) is 18.8 Å². The summed E-state index contributed by atoms with van der Waals surface area (Å²) in [5.74, 6) is 0.163. The van der Waals surface area contributed by atoms with E-state index < -0.39 is 10.2 Å². The van der Waals surface area contributed by atoms with Crippen LogP contribution in [0.1, 0.15) is 40.0 Å². The van der Waals surface area contributed by atoms with Gasteiger partial charge in [-0.15, -0.1) is 0 Å². The molecule has 0 saturated carbocycles. The number of aliphatic hydroxyl groups excluding tert-OH is 1. The largest absolute Gasteiger partial charge is 0.396 e. The van der Waals surface area contributed by atoms with Crippen LogP contribution in [0.3, 0.4) is 0 Å². The van der Waals surface area contributed by atoms with Crippen molar-refractivity contribution in [1.29, 1.82) is 0 Å². The molecular formula is C11H26N2O3S. The Morgan fingerprint density at radius 2 is 1.94 bits per heavy atom. The van der Waals surface area contributed by atoms with Crippen molar-refractivity contribution in [2.45, 2.75) is 46.1 Å². The quantitative estimate of drug-likeness (QED) is 0.653. The average Bonchev–Trinajstić information content (AvgIpc) is 2.24. The second-order valence-corrected chi connectivity index (χ2v) is 6.47. The molecule has 0 aliphatic heterocycles. The van der Waals surface area contributed by atoms with Crippen molar-refractivity contribution in [2.24, 2.45) is 5.92 Å². The van der Waals surface area contributed by atoms with Gasteiger partial charge in [-0.25, -0.2) is 0 Å². The molecule has 6 heteroatoms. The van der Waals surface area contributed by atoms with Crippen molar-refractivity contribution in [3.63, 3.8) is 0 Å². The van der Waals surface area contributed by atoms with Gasteiger partial charge < -0.3 is 5.11 Å². The Kier molecular flexibility index (Phi) is 7.94. The van der Waals surface area contributed by atoms with Gasteiger partial charge in [0.2, 0.25) is 0 Å². The second-order valence-electron chi connectivity index (χ2n) is 4.66. The van der Waals surface area contributed by atoms with E-state index in [9.17, 15) is 8.42 Å². The third-order valence-electron chi connectivity index (χ3n) is 2.78. The number of hydrogen-bond acceptors (Lipinski definition) is 3. The summed E-state index contributed by atoms with van der Waals surface area (Å²) in [5, 5.41) is 8.91. The molecule has 2 N–H and O–H groups in total. The van der Waals surface area contributed by atoms with Gasteiger partial charge in [-0.2, -0.15) is 17.4 Å². The molecule has 0 fully saturated rings. The van der Waals surface area contributed by atoms with Crippen molar-refractivity contribution in [3.05, 3.63) is 0 Å². The molecule has 104 valence electrons. The average molecular weight is 266 g/mol. The molecule has 0 heterocycles. The Morgan fingerprint density at radius 3 is 2.35 bits per heavy atom. The Bertz CT molecular complexity index is 291. The van der Waals surface area contributed by atoms with Crippen molar-refractivity contribution >= 4 is 10.2 Å². The molecule has 0 amide bonds. The summed E-state index contributed by atoms with van der Waals surface area (Å²) in [4.78, 5) is 0. The van der Waals surface area contributed by atoms with Crippen LogP contribution in [0.2, 0.25) is 0 Å².